The van der Waals surface area contributed by atoms with Crippen LogP contribution in [0.3, 0.4) is 0 Å². The highest BCUT2D eigenvalue weighted by Crippen LogP contribution is 2.27. The van der Waals surface area contributed by atoms with Crippen molar-refractivity contribution in [2.75, 3.05) is 56.1 Å². The molecule has 44 heavy (non-hydrogen) atoms. The van der Waals surface area contributed by atoms with Crippen LogP contribution < -0.4 is 20.4 Å². The molecule has 0 fully saturated rings. The van der Waals surface area contributed by atoms with Gasteiger partial charge in [-0.05, 0) is 119 Å². The molecular weight excluding hydrogens is 562 g/mol. The summed E-state index contributed by atoms with van der Waals surface area (Å²) < 4.78 is 0. The number of hydrogen-bond donors (Lipinski definition) is 0. The average Bonchev–Trinajstić information content (AvgIpc) is 3.05. The van der Waals surface area contributed by atoms with Gasteiger partial charge >= 0.3 is 0 Å². The van der Waals surface area contributed by atoms with Crippen LogP contribution in [0.1, 0.15) is 71.1 Å². The number of halogens is 1. The minimum absolute atomic E-state index is 0.217. The van der Waals surface area contributed by atoms with Gasteiger partial charge in [-0.15, -0.1) is 0 Å². The number of benzene rings is 3. The lowest BCUT2D eigenvalue weighted by Crippen LogP contribution is -2.26. The Bertz CT molecular complexity index is 1550. The predicted molar refractivity (Wildman–Crippen MR) is 191 cm³/mol. The maximum absolute atomic E-state index is 7.10. The van der Waals surface area contributed by atoms with E-state index in [0.717, 1.165) is 90.7 Å². The summed E-state index contributed by atoms with van der Waals surface area (Å²) in [6.07, 6.45) is 6.07. The van der Waals surface area contributed by atoms with E-state index in [1.54, 1.807) is 0 Å². The van der Waals surface area contributed by atoms with Crippen LogP contribution in [0.4, 0.5) is 11.4 Å². The smallest absolute Gasteiger partial charge is 0.0738 e. The van der Waals surface area contributed by atoms with Gasteiger partial charge in [-0.1, -0.05) is 49.7 Å². The zero-order valence-electron chi connectivity index (χ0n) is 27.8. The molecule has 1 heterocycles. The number of aliphatic imine (C=N–C) groups is 1. The molecule has 1 aliphatic heterocycles. The van der Waals surface area contributed by atoms with E-state index in [9.17, 15) is 0 Å². The lowest BCUT2D eigenvalue weighted by atomic mass is 9.93. The number of allylic oxidation sites excluding steroid dienone is 1. The van der Waals surface area contributed by atoms with Crippen LogP contribution in [0.25, 0.3) is 5.57 Å². The molecule has 0 aromatic heterocycles. The fraction of sp³-hybridized carbons (Fsp3) is 0.421. The topological polar surface area (TPSA) is 34.4 Å². The van der Waals surface area contributed by atoms with Gasteiger partial charge in [0.2, 0.25) is 0 Å². The van der Waals surface area contributed by atoms with Crippen molar-refractivity contribution in [1.29, 1.82) is 0 Å². The second-order valence-corrected chi connectivity index (χ2v) is 11.9. The Morgan fingerprint density at radius 3 is 2.00 bits per heavy atom. The van der Waals surface area contributed by atoms with E-state index < -0.39 is 0 Å². The fourth-order valence-corrected chi connectivity index (χ4v) is 6.13. The summed E-state index contributed by atoms with van der Waals surface area (Å²) >= 11 is 7.10. The third-order valence-electron chi connectivity index (χ3n) is 8.78. The van der Waals surface area contributed by atoms with Crippen LogP contribution in [-0.4, -0.2) is 63.0 Å². The lowest BCUT2D eigenvalue weighted by Gasteiger charge is -2.22. The molecule has 0 radical (unpaired) electrons. The number of nitrogens with zero attached hydrogens (tertiary/aromatic N) is 5. The first kappa shape index (κ1) is 33.5. The van der Waals surface area contributed by atoms with Gasteiger partial charge < -0.3 is 14.7 Å². The quantitative estimate of drug-likeness (QED) is 0.191. The second kappa shape index (κ2) is 16.1. The first-order chi connectivity index (χ1) is 21.3. The van der Waals surface area contributed by atoms with E-state index in [4.69, 9.17) is 16.6 Å². The molecule has 0 saturated heterocycles. The van der Waals surface area contributed by atoms with Gasteiger partial charge in [-0.2, -0.15) is 0 Å². The van der Waals surface area contributed by atoms with Gasteiger partial charge in [0.25, 0.3) is 0 Å². The predicted octanol–water partition coefficient (Wildman–Crippen LogP) is 7.34. The van der Waals surface area contributed by atoms with Crippen LogP contribution >= 0.6 is 11.6 Å². The van der Waals surface area contributed by atoms with Crippen molar-refractivity contribution >= 4 is 34.3 Å². The Morgan fingerprint density at radius 2 is 1.43 bits per heavy atom. The van der Waals surface area contributed by atoms with E-state index in [1.165, 1.54) is 11.4 Å². The molecule has 0 saturated carbocycles. The molecule has 0 spiro atoms. The van der Waals surface area contributed by atoms with Crippen molar-refractivity contribution in [2.24, 2.45) is 9.98 Å². The Kier molecular flexibility index (Phi) is 12.2. The summed E-state index contributed by atoms with van der Waals surface area (Å²) in [7, 11) is 2.12. The standard InChI is InChI=1S/C38H50ClN5/c1-8-42(7)31-19-15-29(16-20-31)38(30-17-21-32(22-18-30)44(11-4)12-5)33-26-34-36(23-24-40-37(34)27-35(33)39)41-28(6)14-13-25-43(9-2)10-3/h15-24,26-28H,8-14,25H2,1-7H3. The number of hydrogen-bond acceptors (Lipinski definition) is 5. The second-order valence-electron chi connectivity index (χ2n) is 11.5. The van der Waals surface area contributed by atoms with Crippen LogP contribution in [0.15, 0.2) is 82.9 Å². The molecule has 234 valence electrons. The summed E-state index contributed by atoms with van der Waals surface area (Å²) in [5.74, 6) is 0. The average molecular weight is 612 g/mol. The van der Waals surface area contributed by atoms with Crippen molar-refractivity contribution in [2.45, 2.75) is 60.4 Å². The summed E-state index contributed by atoms with van der Waals surface area (Å²) in [5, 5.41) is 2.54. The fourth-order valence-electron chi connectivity index (χ4n) is 5.88. The Labute approximate surface area is 270 Å². The van der Waals surface area contributed by atoms with Crippen molar-refractivity contribution in [3.05, 3.63) is 105 Å². The van der Waals surface area contributed by atoms with E-state index in [0.29, 0.717) is 5.02 Å². The third kappa shape index (κ3) is 7.99. The minimum atomic E-state index is 0.217. The van der Waals surface area contributed by atoms with E-state index in [-0.39, 0.29) is 6.04 Å². The maximum Gasteiger partial charge on any atom is 0.0738 e. The summed E-state index contributed by atoms with van der Waals surface area (Å²) in [6.45, 7) is 19.4. The maximum atomic E-state index is 7.10. The molecule has 0 bridgehead atoms. The summed E-state index contributed by atoms with van der Waals surface area (Å²) in [4.78, 5) is 16.9. The first-order valence-corrected chi connectivity index (χ1v) is 16.8. The molecule has 1 atom stereocenters. The van der Waals surface area contributed by atoms with Crippen molar-refractivity contribution < 1.29 is 0 Å². The SMILES string of the molecule is CCN(CC)CCCC(C)N=C1C=CN=c2cc(Cl)c(=C(c3ccc(N(C)CC)cc3)c3ccc(N(CC)CC)cc3)cc21. The molecule has 1 unspecified atom stereocenters. The van der Waals surface area contributed by atoms with Gasteiger partial charge in [0.1, 0.15) is 0 Å². The van der Waals surface area contributed by atoms with Crippen molar-refractivity contribution in [3.63, 3.8) is 0 Å². The van der Waals surface area contributed by atoms with E-state index >= 15 is 0 Å². The molecule has 3 aromatic carbocycles. The molecule has 6 heteroatoms. The van der Waals surface area contributed by atoms with Gasteiger partial charge in [-0.25, -0.2) is 0 Å². The Balaban J connectivity index is 1.83. The summed E-state index contributed by atoms with van der Waals surface area (Å²) in [5.41, 5.74) is 7.78. The monoisotopic (exact) mass is 611 g/mol. The van der Waals surface area contributed by atoms with Crippen molar-refractivity contribution in [3.8, 4) is 0 Å². The largest absolute Gasteiger partial charge is 0.375 e. The number of anilines is 2. The van der Waals surface area contributed by atoms with Crippen LogP contribution in [0.5, 0.6) is 0 Å². The zero-order chi connectivity index (χ0) is 31.6. The van der Waals surface area contributed by atoms with Crippen LogP contribution in [-0.2, 0) is 0 Å². The van der Waals surface area contributed by atoms with Gasteiger partial charge in [0.15, 0.2) is 0 Å². The minimum Gasteiger partial charge on any atom is -0.375 e. The lowest BCUT2D eigenvalue weighted by molar-refractivity contribution is 0.294. The molecule has 0 amide bonds. The molecule has 4 rings (SSSR count). The Morgan fingerprint density at radius 1 is 0.818 bits per heavy atom. The normalized spacial score (nSPS) is 14.8. The first-order valence-electron chi connectivity index (χ1n) is 16.4. The molecular formula is C38H50ClN5. The van der Waals surface area contributed by atoms with Gasteiger partial charge in [0, 0.05) is 61.1 Å². The number of rotatable bonds is 14. The number of fused-ring (bicyclic) bond motifs is 1. The van der Waals surface area contributed by atoms with E-state index in [2.05, 4.69) is 123 Å². The van der Waals surface area contributed by atoms with Crippen LogP contribution in [0.2, 0.25) is 5.02 Å². The highest BCUT2D eigenvalue weighted by Gasteiger charge is 2.16. The third-order valence-corrected chi connectivity index (χ3v) is 9.10. The summed E-state index contributed by atoms with van der Waals surface area (Å²) in [6, 6.07) is 22.1. The molecule has 3 aromatic rings. The Hall–Kier alpha value is -3.41. The molecule has 1 aliphatic rings. The van der Waals surface area contributed by atoms with E-state index in [1.807, 2.05) is 18.3 Å². The van der Waals surface area contributed by atoms with Gasteiger partial charge in [-0.3, -0.25) is 9.98 Å². The highest BCUT2D eigenvalue weighted by molar-refractivity contribution is 6.31. The highest BCUT2D eigenvalue weighted by atomic mass is 35.5. The van der Waals surface area contributed by atoms with Gasteiger partial charge in [0.05, 0.1) is 16.1 Å². The van der Waals surface area contributed by atoms with Crippen molar-refractivity contribution in [1.82, 2.24) is 4.90 Å². The molecule has 5 nitrogen and oxygen atoms in total. The zero-order valence-corrected chi connectivity index (χ0v) is 28.5. The van der Waals surface area contributed by atoms with Crippen LogP contribution in [0, 0.1) is 0 Å². The molecule has 0 aliphatic carbocycles. The molecule has 0 N–H and O–H groups in total.